The van der Waals surface area contributed by atoms with Crippen LogP contribution < -0.4 is 0 Å². The molecule has 3 aromatic carbocycles. The Bertz CT molecular complexity index is 955. The summed E-state index contributed by atoms with van der Waals surface area (Å²) in [6.07, 6.45) is 0. The lowest BCUT2D eigenvalue weighted by atomic mass is 9.91. The second-order valence-corrected chi connectivity index (χ2v) is 8.08. The van der Waals surface area contributed by atoms with Crippen LogP contribution >= 0.6 is 11.8 Å². The van der Waals surface area contributed by atoms with Gasteiger partial charge in [-0.25, -0.2) is 4.79 Å². The van der Waals surface area contributed by atoms with Crippen molar-refractivity contribution in [3.05, 3.63) is 102 Å². The molecule has 0 aliphatic carbocycles. The number of carbonyl (C=O) groups is 2. The molecule has 1 fully saturated rings. The van der Waals surface area contributed by atoms with E-state index in [1.165, 1.54) is 7.11 Å². The zero-order valence-corrected chi connectivity index (χ0v) is 16.8. The van der Waals surface area contributed by atoms with Crippen LogP contribution in [-0.4, -0.2) is 29.1 Å². The predicted octanol–water partition coefficient (Wildman–Crippen LogP) is 4.72. The molecule has 1 heterocycles. The molecule has 4 nitrogen and oxygen atoms in total. The molecule has 1 saturated heterocycles. The Labute approximate surface area is 174 Å². The summed E-state index contributed by atoms with van der Waals surface area (Å²) < 4.78 is 4.86. The van der Waals surface area contributed by atoms with E-state index >= 15 is 0 Å². The van der Waals surface area contributed by atoms with Gasteiger partial charge in [-0.05, 0) is 35.4 Å². The Morgan fingerprint density at radius 1 is 0.966 bits per heavy atom. The van der Waals surface area contributed by atoms with Gasteiger partial charge in [-0.2, -0.15) is 0 Å². The molecule has 0 aromatic heterocycles. The number of esters is 1. The highest BCUT2D eigenvalue weighted by Crippen LogP contribution is 2.45. The third-order valence-electron chi connectivity index (χ3n) is 5.00. The molecule has 2 atom stereocenters. The predicted molar refractivity (Wildman–Crippen MR) is 114 cm³/mol. The fourth-order valence-electron chi connectivity index (χ4n) is 3.56. The number of methoxy groups -OCH3 is 1. The van der Waals surface area contributed by atoms with Crippen LogP contribution in [0.4, 0.5) is 0 Å². The summed E-state index contributed by atoms with van der Waals surface area (Å²) in [4.78, 5) is 28.0. The van der Waals surface area contributed by atoms with Crippen molar-refractivity contribution >= 4 is 23.6 Å². The van der Waals surface area contributed by atoms with Crippen molar-refractivity contribution in [1.29, 1.82) is 0 Å². The van der Waals surface area contributed by atoms with E-state index in [1.54, 1.807) is 17.8 Å². The first-order chi connectivity index (χ1) is 14.2. The van der Waals surface area contributed by atoms with Crippen LogP contribution in [0.25, 0.3) is 0 Å². The van der Waals surface area contributed by atoms with Crippen LogP contribution in [0.15, 0.2) is 89.8 Å². The van der Waals surface area contributed by atoms with Crippen LogP contribution in [0.5, 0.6) is 0 Å². The quantitative estimate of drug-likeness (QED) is 0.441. The number of thioether (sulfide) groups is 1. The number of amides is 1. The Morgan fingerprint density at radius 2 is 1.66 bits per heavy atom. The van der Waals surface area contributed by atoms with Crippen molar-refractivity contribution in [3.63, 3.8) is 0 Å². The van der Waals surface area contributed by atoms with Crippen LogP contribution in [0.3, 0.4) is 0 Å². The van der Waals surface area contributed by atoms with Crippen molar-refractivity contribution in [2.24, 2.45) is 0 Å². The van der Waals surface area contributed by atoms with Crippen LogP contribution in [-0.2, 0) is 16.1 Å². The maximum Gasteiger partial charge on any atom is 0.337 e. The number of nitrogens with zero attached hydrogens (tertiary/aromatic N) is 1. The molecule has 0 saturated carbocycles. The fraction of sp³-hybridized carbons (Fsp3) is 0.167. The minimum Gasteiger partial charge on any atom is -0.465 e. The van der Waals surface area contributed by atoms with Crippen LogP contribution in [0.2, 0.25) is 0 Å². The second kappa shape index (κ2) is 8.53. The Hall–Kier alpha value is -3.05. The first kappa shape index (κ1) is 19.3. The number of hydrogen-bond acceptors (Lipinski definition) is 4. The number of likely N-dealkylation sites (tertiary alicyclic amines) is 1. The van der Waals surface area contributed by atoms with Gasteiger partial charge in [-0.1, -0.05) is 60.7 Å². The number of carbonyl (C=O) groups excluding carboxylic acids is 2. The summed E-state index contributed by atoms with van der Waals surface area (Å²) in [6.45, 7) is 0.540. The van der Waals surface area contributed by atoms with E-state index < -0.39 is 0 Å². The van der Waals surface area contributed by atoms with Gasteiger partial charge < -0.3 is 9.64 Å². The van der Waals surface area contributed by atoms with Crippen molar-refractivity contribution < 1.29 is 14.3 Å². The normalized spacial score (nSPS) is 18.2. The molecule has 1 aliphatic heterocycles. The highest BCUT2D eigenvalue weighted by atomic mass is 32.2. The minimum absolute atomic E-state index is 0.108. The van der Waals surface area contributed by atoms with Gasteiger partial charge in [0.1, 0.15) is 5.25 Å². The number of benzene rings is 3. The average Bonchev–Trinajstić information content (AvgIpc) is 2.78. The molecular weight excluding hydrogens is 382 g/mol. The molecule has 5 heteroatoms. The number of hydrogen-bond donors (Lipinski definition) is 0. The van der Waals surface area contributed by atoms with Crippen LogP contribution in [0, 0.1) is 0 Å². The maximum atomic E-state index is 13.0. The van der Waals surface area contributed by atoms with Gasteiger partial charge in [0.15, 0.2) is 0 Å². The van der Waals surface area contributed by atoms with E-state index in [0.29, 0.717) is 12.1 Å². The summed E-state index contributed by atoms with van der Waals surface area (Å²) in [7, 11) is 1.37. The van der Waals surface area contributed by atoms with E-state index in [2.05, 4.69) is 0 Å². The summed E-state index contributed by atoms with van der Waals surface area (Å²) in [5, 5.41) is -0.228. The number of ether oxygens (including phenoxy) is 1. The Balaban J connectivity index is 1.65. The molecular formula is C24H21NO3S. The minimum atomic E-state index is -0.376. The molecule has 3 aromatic rings. The van der Waals surface area contributed by atoms with Gasteiger partial charge in [0, 0.05) is 11.4 Å². The molecule has 0 radical (unpaired) electrons. The van der Waals surface area contributed by atoms with E-state index in [0.717, 1.165) is 16.0 Å². The summed E-state index contributed by atoms with van der Waals surface area (Å²) >= 11 is 1.57. The third-order valence-corrected chi connectivity index (χ3v) is 6.26. The lowest BCUT2D eigenvalue weighted by Gasteiger charge is -2.47. The van der Waals surface area contributed by atoms with Gasteiger partial charge >= 0.3 is 5.97 Å². The largest absolute Gasteiger partial charge is 0.465 e. The van der Waals surface area contributed by atoms with Gasteiger partial charge in [0.25, 0.3) is 0 Å². The fourth-order valence-corrected chi connectivity index (χ4v) is 4.83. The Morgan fingerprint density at radius 3 is 2.34 bits per heavy atom. The molecule has 4 rings (SSSR count). The average molecular weight is 404 g/mol. The molecule has 29 heavy (non-hydrogen) atoms. The van der Waals surface area contributed by atoms with Gasteiger partial charge in [-0.3, -0.25) is 4.79 Å². The van der Waals surface area contributed by atoms with Gasteiger partial charge in [0.05, 0.1) is 18.7 Å². The van der Waals surface area contributed by atoms with Crippen molar-refractivity contribution in [2.45, 2.75) is 22.7 Å². The van der Waals surface area contributed by atoms with E-state index in [9.17, 15) is 9.59 Å². The topological polar surface area (TPSA) is 46.6 Å². The molecule has 146 valence electrons. The zero-order chi connectivity index (χ0) is 20.2. The monoisotopic (exact) mass is 403 g/mol. The van der Waals surface area contributed by atoms with E-state index in [1.807, 2.05) is 83.8 Å². The summed E-state index contributed by atoms with van der Waals surface area (Å²) in [5.41, 5.74) is 2.52. The molecule has 0 N–H and O–H groups in total. The van der Waals surface area contributed by atoms with E-state index in [-0.39, 0.29) is 23.2 Å². The molecule has 2 unspecified atom stereocenters. The standard InChI is InChI=1S/C24H21NO3S/c1-28-24(27)19-12-8-11-18(15-19)21-22(29-20-13-6-3-7-14-20)23(26)25(21)16-17-9-4-2-5-10-17/h2-15,21-22H,16H2,1H3. The number of β-lactam (4-membered cyclic amide) rings is 1. The van der Waals surface area contributed by atoms with Gasteiger partial charge in [-0.15, -0.1) is 11.8 Å². The lowest BCUT2D eigenvalue weighted by molar-refractivity contribution is -0.146. The van der Waals surface area contributed by atoms with Crippen molar-refractivity contribution in [1.82, 2.24) is 4.90 Å². The molecule has 0 bridgehead atoms. The smallest absolute Gasteiger partial charge is 0.337 e. The van der Waals surface area contributed by atoms with Crippen LogP contribution in [0.1, 0.15) is 27.5 Å². The SMILES string of the molecule is COC(=O)c1cccc(C2C(Sc3ccccc3)C(=O)N2Cc2ccccc2)c1. The highest BCUT2D eigenvalue weighted by Gasteiger charge is 2.48. The van der Waals surface area contributed by atoms with E-state index in [4.69, 9.17) is 4.74 Å². The number of rotatable bonds is 6. The molecule has 1 amide bonds. The maximum absolute atomic E-state index is 13.0. The van der Waals surface area contributed by atoms with Gasteiger partial charge in [0.2, 0.25) is 5.91 Å². The summed E-state index contributed by atoms with van der Waals surface area (Å²) in [5.74, 6) is -0.268. The lowest BCUT2D eigenvalue weighted by Crippen LogP contribution is -2.56. The first-order valence-electron chi connectivity index (χ1n) is 9.42. The van der Waals surface area contributed by atoms with Crippen molar-refractivity contribution in [2.75, 3.05) is 7.11 Å². The zero-order valence-electron chi connectivity index (χ0n) is 16.0. The summed E-state index contributed by atoms with van der Waals surface area (Å²) in [6, 6.07) is 27.2. The molecule has 0 spiro atoms. The Kier molecular flexibility index (Phi) is 5.67. The van der Waals surface area contributed by atoms with Crippen molar-refractivity contribution in [3.8, 4) is 0 Å². The third kappa shape index (κ3) is 4.05. The first-order valence-corrected chi connectivity index (χ1v) is 10.3. The highest BCUT2D eigenvalue weighted by molar-refractivity contribution is 8.00. The molecule has 1 aliphatic rings. The second-order valence-electron chi connectivity index (χ2n) is 6.87.